The van der Waals surface area contributed by atoms with Gasteiger partial charge in [-0.15, -0.1) is 0 Å². The van der Waals surface area contributed by atoms with Crippen molar-refractivity contribution in [1.29, 1.82) is 0 Å². The zero-order chi connectivity index (χ0) is 23.5. The minimum absolute atomic E-state index is 0.423. The number of likely N-dealkylation sites (tertiary alicyclic amines) is 1. The van der Waals surface area contributed by atoms with Gasteiger partial charge in [0.15, 0.2) is 0 Å². The fourth-order valence-electron chi connectivity index (χ4n) is 5.22. The fraction of sp³-hybridized carbons (Fsp3) is 0.379. The van der Waals surface area contributed by atoms with Crippen LogP contribution in [0.15, 0.2) is 73.2 Å². The SMILES string of the molecule is Cc1ccc(CCn2ccc3c(N(C)[C@H]4CN(Cc5ccccc5)CC[C@H]4C)ncnc32)cc1. The quantitative estimate of drug-likeness (QED) is 0.379. The fourth-order valence-corrected chi connectivity index (χ4v) is 5.22. The lowest BCUT2D eigenvalue weighted by Gasteiger charge is -2.42. The molecule has 1 fully saturated rings. The topological polar surface area (TPSA) is 37.2 Å². The van der Waals surface area contributed by atoms with Gasteiger partial charge in [-0.1, -0.05) is 67.1 Å². The highest BCUT2D eigenvalue weighted by Gasteiger charge is 2.31. The van der Waals surface area contributed by atoms with Gasteiger partial charge >= 0.3 is 0 Å². The van der Waals surface area contributed by atoms with Crippen molar-refractivity contribution >= 4 is 16.9 Å². The summed E-state index contributed by atoms with van der Waals surface area (Å²) in [6, 6.07) is 22.2. The number of aromatic nitrogens is 3. The summed E-state index contributed by atoms with van der Waals surface area (Å²) in [6.45, 7) is 8.63. The standard InChI is InChI=1S/C29H35N5/c1-22-9-11-24(12-10-22)14-17-34-18-15-26-28(30-21-31-29(26)34)32(3)27-20-33(16-13-23(27)2)19-25-7-5-4-6-8-25/h4-12,15,18,21,23,27H,13-14,16-17,19-20H2,1-3H3/t23-,27+/m1/s1. The molecule has 1 saturated heterocycles. The second-order valence-electron chi connectivity index (χ2n) is 9.84. The number of rotatable bonds is 7. The first-order valence-electron chi connectivity index (χ1n) is 12.4. The van der Waals surface area contributed by atoms with Crippen LogP contribution < -0.4 is 4.90 Å². The van der Waals surface area contributed by atoms with Crippen LogP contribution in [0, 0.1) is 12.8 Å². The molecule has 1 aliphatic rings. The molecule has 0 saturated carbocycles. The lowest BCUT2D eigenvalue weighted by molar-refractivity contribution is 0.159. The van der Waals surface area contributed by atoms with Crippen molar-refractivity contribution in [2.45, 2.75) is 45.8 Å². The molecule has 0 amide bonds. The molecule has 34 heavy (non-hydrogen) atoms. The summed E-state index contributed by atoms with van der Waals surface area (Å²) in [6.07, 6.45) is 6.09. The van der Waals surface area contributed by atoms with Crippen molar-refractivity contribution in [3.63, 3.8) is 0 Å². The van der Waals surface area contributed by atoms with E-state index in [0.717, 1.165) is 49.5 Å². The highest BCUT2D eigenvalue weighted by Crippen LogP contribution is 2.30. The van der Waals surface area contributed by atoms with Gasteiger partial charge in [-0.05, 0) is 49.4 Å². The first kappa shape index (κ1) is 22.6. The maximum atomic E-state index is 4.75. The molecule has 5 rings (SSSR count). The van der Waals surface area contributed by atoms with Crippen molar-refractivity contribution < 1.29 is 0 Å². The van der Waals surface area contributed by atoms with Crippen molar-refractivity contribution in [3.8, 4) is 0 Å². The van der Waals surface area contributed by atoms with Crippen molar-refractivity contribution in [1.82, 2.24) is 19.4 Å². The number of hydrogen-bond donors (Lipinski definition) is 0. The number of hydrogen-bond acceptors (Lipinski definition) is 4. The highest BCUT2D eigenvalue weighted by atomic mass is 15.3. The molecule has 0 bridgehead atoms. The molecule has 0 radical (unpaired) electrons. The number of aryl methyl sites for hydroxylation is 3. The van der Waals surface area contributed by atoms with E-state index in [1.807, 2.05) is 0 Å². The Labute approximate surface area is 203 Å². The molecule has 0 unspecified atom stereocenters. The first-order chi connectivity index (χ1) is 16.6. The minimum atomic E-state index is 0.423. The third-order valence-corrected chi connectivity index (χ3v) is 7.38. The van der Waals surface area contributed by atoms with Crippen LogP contribution in [-0.4, -0.2) is 45.6 Å². The molecule has 5 heteroatoms. The van der Waals surface area contributed by atoms with E-state index in [2.05, 4.69) is 107 Å². The van der Waals surface area contributed by atoms with Crippen LogP contribution in [-0.2, 0) is 19.5 Å². The monoisotopic (exact) mass is 453 g/mol. The molecule has 3 heterocycles. The van der Waals surface area contributed by atoms with Gasteiger partial charge < -0.3 is 9.47 Å². The van der Waals surface area contributed by atoms with E-state index in [1.54, 1.807) is 6.33 Å². The average molecular weight is 454 g/mol. The Bertz CT molecular complexity index is 1210. The molecule has 4 aromatic rings. The maximum Gasteiger partial charge on any atom is 0.145 e. The maximum absolute atomic E-state index is 4.75. The number of benzene rings is 2. The minimum Gasteiger partial charge on any atom is -0.354 e. The van der Waals surface area contributed by atoms with Gasteiger partial charge in [0.2, 0.25) is 0 Å². The summed E-state index contributed by atoms with van der Waals surface area (Å²) in [7, 11) is 2.21. The van der Waals surface area contributed by atoms with Crippen LogP contribution in [0.1, 0.15) is 30.0 Å². The largest absolute Gasteiger partial charge is 0.354 e. The van der Waals surface area contributed by atoms with Crippen molar-refractivity contribution in [2.24, 2.45) is 5.92 Å². The van der Waals surface area contributed by atoms with Crippen molar-refractivity contribution in [2.75, 3.05) is 25.0 Å². The van der Waals surface area contributed by atoms with E-state index in [9.17, 15) is 0 Å². The Morgan fingerprint density at radius 3 is 2.56 bits per heavy atom. The van der Waals surface area contributed by atoms with Crippen LogP contribution >= 0.6 is 0 Å². The van der Waals surface area contributed by atoms with Crippen LogP contribution in [0.4, 0.5) is 5.82 Å². The molecule has 5 nitrogen and oxygen atoms in total. The summed E-state index contributed by atoms with van der Waals surface area (Å²) >= 11 is 0. The summed E-state index contributed by atoms with van der Waals surface area (Å²) in [5, 5.41) is 1.14. The molecule has 2 atom stereocenters. The summed E-state index contributed by atoms with van der Waals surface area (Å²) in [5.41, 5.74) is 5.06. The van der Waals surface area contributed by atoms with Gasteiger partial charge in [0.1, 0.15) is 17.8 Å². The van der Waals surface area contributed by atoms with Gasteiger partial charge in [0.25, 0.3) is 0 Å². The Kier molecular flexibility index (Phi) is 6.63. The van der Waals surface area contributed by atoms with Crippen LogP contribution in [0.25, 0.3) is 11.0 Å². The summed E-state index contributed by atoms with van der Waals surface area (Å²) < 4.78 is 2.26. The Balaban J connectivity index is 1.33. The number of fused-ring (bicyclic) bond motifs is 1. The Morgan fingerprint density at radius 2 is 1.76 bits per heavy atom. The number of nitrogens with zero attached hydrogens (tertiary/aromatic N) is 5. The third kappa shape index (κ3) is 4.85. The molecular formula is C29H35N5. The van der Waals surface area contributed by atoms with Gasteiger partial charge in [0, 0.05) is 38.9 Å². The molecule has 176 valence electrons. The van der Waals surface area contributed by atoms with Crippen molar-refractivity contribution in [3.05, 3.63) is 89.9 Å². The molecule has 0 aliphatic carbocycles. The lowest BCUT2D eigenvalue weighted by Crippen LogP contribution is -2.50. The van der Waals surface area contributed by atoms with Crippen LogP contribution in [0.5, 0.6) is 0 Å². The molecular weight excluding hydrogens is 418 g/mol. The predicted octanol–water partition coefficient (Wildman–Crippen LogP) is 5.33. The molecule has 0 spiro atoms. The summed E-state index contributed by atoms with van der Waals surface area (Å²) in [4.78, 5) is 14.4. The average Bonchev–Trinajstić information content (AvgIpc) is 3.28. The molecule has 1 aliphatic heterocycles. The van der Waals surface area contributed by atoms with E-state index in [0.29, 0.717) is 12.0 Å². The second kappa shape index (κ2) is 9.98. The number of piperidine rings is 1. The normalized spacial score (nSPS) is 18.9. The second-order valence-corrected chi connectivity index (χ2v) is 9.84. The molecule has 2 aromatic heterocycles. The Morgan fingerprint density at radius 1 is 0.971 bits per heavy atom. The van der Waals surface area contributed by atoms with Gasteiger partial charge in [-0.2, -0.15) is 0 Å². The third-order valence-electron chi connectivity index (χ3n) is 7.38. The van der Waals surface area contributed by atoms with Gasteiger partial charge in [-0.3, -0.25) is 4.90 Å². The predicted molar refractivity (Wildman–Crippen MR) is 140 cm³/mol. The van der Waals surface area contributed by atoms with E-state index >= 15 is 0 Å². The molecule has 2 aromatic carbocycles. The van der Waals surface area contributed by atoms with E-state index in [1.165, 1.54) is 23.1 Å². The van der Waals surface area contributed by atoms with Crippen LogP contribution in [0.3, 0.4) is 0 Å². The zero-order valence-corrected chi connectivity index (χ0v) is 20.6. The van der Waals surface area contributed by atoms with E-state index < -0.39 is 0 Å². The summed E-state index contributed by atoms with van der Waals surface area (Å²) in [5.74, 6) is 1.66. The smallest absolute Gasteiger partial charge is 0.145 e. The highest BCUT2D eigenvalue weighted by molar-refractivity contribution is 5.88. The lowest BCUT2D eigenvalue weighted by atomic mass is 9.92. The van der Waals surface area contributed by atoms with E-state index in [4.69, 9.17) is 4.98 Å². The van der Waals surface area contributed by atoms with Gasteiger partial charge in [0.05, 0.1) is 5.39 Å². The number of likely N-dealkylation sites (N-methyl/N-ethyl adjacent to an activating group) is 1. The molecule has 0 N–H and O–H groups in total. The first-order valence-corrected chi connectivity index (χ1v) is 12.4. The Hall–Kier alpha value is -3.18. The number of anilines is 1. The zero-order valence-electron chi connectivity index (χ0n) is 20.6. The van der Waals surface area contributed by atoms with Crippen LogP contribution in [0.2, 0.25) is 0 Å². The van der Waals surface area contributed by atoms with E-state index in [-0.39, 0.29) is 0 Å². The van der Waals surface area contributed by atoms with Gasteiger partial charge in [-0.25, -0.2) is 9.97 Å².